The first-order chi connectivity index (χ1) is 18.6. The van der Waals surface area contributed by atoms with Gasteiger partial charge < -0.3 is 20.3 Å². The number of hydrogen-bond acceptors (Lipinski definition) is 9. The number of fused-ring (bicyclic) bond motifs is 3. The van der Waals surface area contributed by atoms with Crippen LogP contribution in [0.2, 0.25) is 0 Å². The molecular weight excluding hydrogens is 478 g/mol. The molecule has 3 atom stereocenters. The Bertz CT molecular complexity index is 1300. The van der Waals surface area contributed by atoms with Crippen molar-refractivity contribution in [3.63, 3.8) is 0 Å². The number of aromatic nitrogens is 4. The van der Waals surface area contributed by atoms with E-state index in [0.717, 1.165) is 73.6 Å². The summed E-state index contributed by atoms with van der Waals surface area (Å²) in [5.41, 5.74) is 3.09. The molecule has 3 saturated heterocycles. The molecule has 10 nitrogen and oxygen atoms in total. The van der Waals surface area contributed by atoms with Gasteiger partial charge in [-0.25, -0.2) is 4.98 Å². The van der Waals surface area contributed by atoms with E-state index in [4.69, 9.17) is 20.0 Å². The van der Waals surface area contributed by atoms with Crippen LogP contribution in [0.1, 0.15) is 50.6 Å². The van der Waals surface area contributed by atoms with E-state index in [-0.39, 0.29) is 0 Å². The molecule has 3 N–H and O–H groups in total. The van der Waals surface area contributed by atoms with Crippen LogP contribution in [0.25, 0.3) is 10.9 Å². The lowest BCUT2D eigenvalue weighted by atomic mass is 9.97. The predicted octanol–water partition coefficient (Wildman–Crippen LogP) is 4.34. The van der Waals surface area contributed by atoms with Crippen LogP contribution in [0.4, 0.5) is 23.3 Å². The standard InChI is InChI=1S/C28H37N9O/c1-18-14-26(35-34-18)32-27-24-7-6-20(36-12-8-23(38-2)9-13-36)17-25(24)31-28(33-27)30-19-15-21-4-5-22(16-19)37(21)11-3-10-29/h6-7,14,17,19,21-23H,3-5,8-9,11-13,15-16H2,1-2H3,(H3,30,31,32,33,34,35)/t19?,21-,22+. The van der Waals surface area contributed by atoms with Gasteiger partial charge in [0.05, 0.1) is 17.7 Å². The Morgan fingerprint density at radius 2 is 1.89 bits per heavy atom. The van der Waals surface area contributed by atoms with Crippen molar-refractivity contribution < 1.29 is 4.74 Å². The van der Waals surface area contributed by atoms with Gasteiger partial charge in [0, 0.05) is 74.1 Å². The molecule has 3 aromatic rings. The monoisotopic (exact) mass is 515 g/mol. The highest BCUT2D eigenvalue weighted by Crippen LogP contribution is 2.37. The second-order valence-electron chi connectivity index (χ2n) is 10.9. The fraction of sp³-hybridized carbons (Fsp3) is 0.571. The molecule has 0 radical (unpaired) electrons. The van der Waals surface area contributed by atoms with E-state index in [1.165, 1.54) is 18.5 Å². The van der Waals surface area contributed by atoms with Gasteiger partial charge in [-0.1, -0.05) is 0 Å². The first-order valence-corrected chi connectivity index (χ1v) is 13.9. The Hall–Kier alpha value is -3.42. The molecule has 2 bridgehead atoms. The molecular formula is C28H37N9O. The van der Waals surface area contributed by atoms with Crippen LogP contribution >= 0.6 is 0 Å². The summed E-state index contributed by atoms with van der Waals surface area (Å²) >= 11 is 0. The summed E-state index contributed by atoms with van der Waals surface area (Å²) in [4.78, 5) is 14.9. The third-order valence-corrected chi connectivity index (χ3v) is 8.47. The number of nitriles is 1. The van der Waals surface area contributed by atoms with E-state index in [0.29, 0.717) is 36.6 Å². The molecule has 2 aromatic heterocycles. The quantitative estimate of drug-likeness (QED) is 0.402. The Morgan fingerprint density at radius 1 is 1.11 bits per heavy atom. The van der Waals surface area contributed by atoms with Crippen molar-refractivity contribution in [2.24, 2.45) is 0 Å². The van der Waals surface area contributed by atoms with Gasteiger partial charge in [0.1, 0.15) is 5.82 Å². The van der Waals surface area contributed by atoms with Gasteiger partial charge in [-0.2, -0.15) is 15.3 Å². The first kappa shape index (κ1) is 24.9. The third kappa shape index (κ3) is 5.13. The molecule has 0 spiro atoms. The van der Waals surface area contributed by atoms with E-state index < -0.39 is 0 Å². The summed E-state index contributed by atoms with van der Waals surface area (Å²) < 4.78 is 5.56. The van der Waals surface area contributed by atoms with Crippen molar-refractivity contribution in [1.82, 2.24) is 25.1 Å². The second kappa shape index (κ2) is 10.8. The molecule has 0 saturated carbocycles. The summed E-state index contributed by atoms with van der Waals surface area (Å²) in [7, 11) is 1.80. The molecule has 1 aromatic carbocycles. The van der Waals surface area contributed by atoms with Crippen LogP contribution < -0.4 is 15.5 Å². The van der Waals surface area contributed by atoms with E-state index in [1.807, 2.05) is 13.0 Å². The van der Waals surface area contributed by atoms with Gasteiger partial charge in [-0.15, -0.1) is 0 Å². The topological polar surface area (TPSA) is 118 Å². The normalized spacial score (nSPS) is 24.0. The van der Waals surface area contributed by atoms with Gasteiger partial charge >= 0.3 is 0 Å². The van der Waals surface area contributed by atoms with Crippen LogP contribution in [0.15, 0.2) is 24.3 Å². The minimum Gasteiger partial charge on any atom is -0.381 e. The number of nitrogens with zero attached hydrogens (tertiary/aromatic N) is 6. The lowest BCUT2D eigenvalue weighted by Crippen LogP contribution is -2.47. The number of rotatable bonds is 8. The summed E-state index contributed by atoms with van der Waals surface area (Å²) in [6, 6.07) is 12.1. The van der Waals surface area contributed by atoms with E-state index in [1.54, 1.807) is 7.11 Å². The third-order valence-electron chi connectivity index (χ3n) is 8.47. The molecule has 6 rings (SSSR count). The van der Waals surface area contributed by atoms with Crippen LogP contribution in [0.3, 0.4) is 0 Å². The van der Waals surface area contributed by atoms with Crippen molar-refractivity contribution in [3.05, 3.63) is 30.0 Å². The molecule has 3 aliphatic heterocycles. The minimum absolute atomic E-state index is 0.319. The molecule has 3 fully saturated rings. The highest BCUT2D eigenvalue weighted by molar-refractivity contribution is 5.93. The maximum absolute atomic E-state index is 9.06. The fourth-order valence-corrected chi connectivity index (χ4v) is 6.55. The number of aromatic amines is 1. The highest BCUT2D eigenvalue weighted by atomic mass is 16.5. The molecule has 38 heavy (non-hydrogen) atoms. The molecule has 1 unspecified atom stereocenters. The minimum atomic E-state index is 0.319. The molecule has 5 heterocycles. The number of ether oxygens (including phenoxy) is 1. The number of nitrogens with one attached hydrogen (secondary N) is 3. The molecule has 200 valence electrons. The lowest BCUT2D eigenvalue weighted by Gasteiger charge is -2.38. The summed E-state index contributed by atoms with van der Waals surface area (Å²) in [6.07, 6.45) is 7.55. The largest absolute Gasteiger partial charge is 0.381 e. The molecule has 0 aliphatic carbocycles. The second-order valence-corrected chi connectivity index (χ2v) is 10.9. The number of anilines is 4. The lowest BCUT2D eigenvalue weighted by molar-refractivity contribution is 0.0819. The van der Waals surface area contributed by atoms with Gasteiger partial charge in [-0.05, 0) is 63.6 Å². The van der Waals surface area contributed by atoms with Crippen LogP contribution in [-0.4, -0.2) is 76.0 Å². The zero-order valence-electron chi connectivity index (χ0n) is 22.3. The van der Waals surface area contributed by atoms with Gasteiger partial charge in [-0.3, -0.25) is 10.00 Å². The van der Waals surface area contributed by atoms with Gasteiger partial charge in [0.25, 0.3) is 0 Å². The van der Waals surface area contributed by atoms with Crippen molar-refractivity contribution >= 4 is 34.2 Å². The Kier molecular flexibility index (Phi) is 7.04. The van der Waals surface area contributed by atoms with Gasteiger partial charge in [0.2, 0.25) is 5.95 Å². The smallest absolute Gasteiger partial charge is 0.225 e. The van der Waals surface area contributed by atoms with E-state index in [2.05, 4.69) is 54.9 Å². The van der Waals surface area contributed by atoms with Crippen molar-refractivity contribution in [2.75, 3.05) is 42.3 Å². The average Bonchev–Trinajstić information content (AvgIpc) is 3.45. The maximum Gasteiger partial charge on any atom is 0.225 e. The number of aryl methyl sites for hydroxylation is 1. The SMILES string of the molecule is COC1CCN(c2ccc3c(Nc4cc(C)[nH]n4)nc(NC4C[C@H]5CC[C@@H](C4)N5CCC#N)nc3c2)CC1. The van der Waals surface area contributed by atoms with Crippen LogP contribution in [0.5, 0.6) is 0 Å². The maximum atomic E-state index is 9.06. The number of hydrogen-bond donors (Lipinski definition) is 3. The van der Waals surface area contributed by atoms with Gasteiger partial charge in [0.15, 0.2) is 5.82 Å². The van der Waals surface area contributed by atoms with Crippen molar-refractivity contribution in [1.29, 1.82) is 5.26 Å². The average molecular weight is 516 g/mol. The van der Waals surface area contributed by atoms with Crippen LogP contribution in [0, 0.1) is 18.3 Å². The predicted molar refractivity (Wildman–Crippen MR) is 149 cm³/mol. The Morgan fingerprint density at radius 3 is 2.58 bits per heavy atom. The first-order valence-electron chi connectivity index (χ1n) is 13.9. The number of H-pyrrole nitrogens is 1. The van der Waals surface area contributed by atoms with E-state index >= 15 is 0 Å². The summed E-state index contributed by atoms with van der Waals surface area (Å²) in [5, 5.41) is 24.5. The van der Waals surface area contributed by atoms with E-state index in [9.17, 15) is 0 Å². The van der Waals surface area contributed by atoms with Crippen LogP contribution in [-0.2, 0) is 4.74 Å². The number of benzene rings is 1. The molecule has 10 heteroatoms. The number of methoxy groups -OCH3 is 1. The highest BCUT2D eigenvalue weighted by Gasteiger charge is 2.40. The zero-order chi connectivity index (χ0) is 26.1. The van der Waals surface area contributed by atoms with Crippen molar-refractivity contribution in [3.8, 4) is 6.07 Å². The fourth-order valence-electron chi connectivity index (χ4n) is 6.55. The van der Waals surface area contributed by atoms with Crippen molar-refractivity contribution in [2.45, 2.75) is 76.1 Å². The zero-order valence-corrected chi connectivity index (χ0v) is 22.3. The molecule has 3 aliphatic rings. The molecule has 0 amide bonds. The summed E-state index contributed by atoms with van der Waals surface area (Å²) in [5.74, 6) is 2.14. The Balaban J connectivity index is 1.27. The summed E-state index contributed by atoms with van der Waals surface area (Å²) in [6.45, 7) is 4.82. The Labute approximate surface area is 223 Å². The number of piperidine rings is 2.